The van der Waals surface area contributed by atoms with Crippen LogP contribution in [0.3, 0.4) is 0 Å². The lowest BCUT2D eigenvalue weighted by atomic mass is 10.0. The van der Waals surface area contributed by atoms with E-state index < -0.39 is 52.9 Å². The summed E-state index contributed by atoms with van der Waals surface area (Å²) in [6.45, 7) is 2.08. The van der Waals surface area contributed by atoms with Crippen LogP contribution < -0.4 is 9.47 Å². The Balaban J connectivity index is 1.69. The van der Waals surface area contributed by atoms with Crippen LogP contribution in [0, 0.1) is 17.5 Å². The van der Waals surface area contributed by atoms with Gasteiger partial charge in [-0.05, 0) is 48.1 Å². The van der Waals surface area contributed by atoms with Gasteiger partial charge < -0.3 is 9.47 Å². The molecule has 0 amide bonds. The average molecular weight is 530 g/mol. The number of aryl methyl sites for hydroxylation is 3. The van der Waals surface area contributed by atoms with E-state index in [9.17, 15) is 35.1 Å². The molecule has 0 N–H and O–H groups in total. The maximum Gasteiger partial charge on any atom is 0.429 e. The Kier molecular flexibility index (Phi) is 8.83. The molecule has 0 unspecified atom stereocenters. The highest BCUT2D eigenvalue weighted by Crippen LogP contribution is 2.36. The van der Waals surface area contributed by atoms with Crippen LogP contribution in [0.2, 0.25) is 0 Å². The van der Waals surface area contributed by atoms with Gasteiger partial charge in [0, 0.05) is 12.1 Å². The molecule has 37 heavy (non-hydrogen) atoms. The minimum Gasteiger partial charge on any atom is -0.459 e. The molecule has 3 aromatic carbocycles. The molecular weight excluding hydrogens is 508 g/mol. The monoisotopic (exact) mass is 530 g/mol. The first-order chi connectivity index (χ1) is 17.4. The summed E-state index contributed by atoms with van der Waals surface area (Å²) in [5.74, 6) is -6.76. The zero-order valence-electron chi connectivity index (χ0n) is 19.5. The molecule has 0 aliphatic rings. The lowest BCUT2D eigenvalue weighted by Crippen LogP contribution is -2.23. The Bertz CT molecular complexity index is 1210. The lowest BCUT2D eigenvalue weighted by Gasteiger charge is -2.20. The largest absolute Gasteiger partial charge is 0.459 e. The van der Waals surface area contributed by atoms with Crippen LogP contribution in [0.1, 0.15) is 35.6 Å². The summed E-state index contributed by atoms with van der Waals surface area (Å²) in [6.07, 6.45) is -6.60. The fourth-order valence-corrected chi connectivity index (χ4v) is 3.49. The number of hydrogen-bond acceptors (Lipinski definition) is 2. The second-order valence-corrected chi connectivity index (χ2v) is 8.18. The van der Waals surface area contributed by atoms with Gasteiger partial charge in [-0.2, -0.15) is 22.0 Å². The van der Waals surface area contributed by atoms with E-state index in [2.05, 4.69) is 16.4 Å². The van der Waals surface area contributed by atoms with Crippen molar-refractivity contribution >= 4 is 0 Å². The van der Waals surface area contributed by atoms with E-state index in [1.165, 1.54) is 11.6 Å². The summed E-state index contributed by atoms with van der Waals surface area (Å²) < 4.78 is 117. The molecule has 0 aliphatic heterocycles. The molecule has 10 heteroatoms. The molecule has 3 aromatic rings. The Morgan fingerprint density at radius 1 is 0.703 bits per heavy atom. The summed E-state index contributed by atoms with van der Waals surface area (Å²) in [4.78, 5) is 0. The number of benzene rings is 3. The molecule has 0 aromatic heterocycles. The molecule has 0 bridgehead atoms. The smallest absolute Gasteiger partial charge is 0.429 e. The molecule has 0 atom stereocenters. The van der Waals surface area contributed by atoms with Crippen molar-refractivity contribution in [1.82, 2.24) is 0 Å². The third kappa shape index (κ3) is 7.96. The zero-order chi connectivity index (χ0) is 27.2. The van der Waals surface area contributed by atoms with Gasteiger partial charge in [0.25, 0.3) is 0 Å². The van der Waals surface area contributed by atoms with Crippen molar-refractivity contribution in [1.29, 1.82) is 0 Å². The van der Waals surface area contributed by atoms with Crippen LogP contribution in [-0.2, 0) is 25.4 Å². The predicted molar refractivity (Wildman–Crippen MR) is 121 cm³/mol. The minimum absolute atomic E-state index is 0.00491. The molecular formula is C27H22F8O2. The van der Waals surface area contributed by atoms with Gasteiger partial charge in [-0.3, -0.25) is 0 Å². The molecule has 3 rings (SSSR count). The van der Waals surface area contributed by atoms with Crippen molar-refractivity contribution < 1.29 is 44.6 Å². The normalized spacial score (nSPS) is 12.2. The van der Waals surface area contributed by atoms with Gasteiger partial charge in [0.05, 0.1) is 17.9 Å². The van der Waals surface area contributed by atoms with E-state index >= 15 is 0 Å². The van der Waals surface area contributed by atoms with E-state index in [4.69, 9.17) is 0 Å². The summed E-state index contributed by atoms with van der Waals surface area (Å²) in [7, 11) is 0. The highest BCUT2D eigenvalue weighted by molar-refractivity contribution is 5.36. The van der Waals surface area contributed by atoms with Crippen molar-refractivity contribution in [2.75, 3.05) is 0 Å². The standard InChI is InChI=1S/C27H22F8O2/c1-2-3-17-4-6-18(7-5-17)8-9-19-10-11-21(22(28)14-19)27(34,35)37-20-15-23(29)25(24(30)16-20)36-13-12-26(31,32)33/h4-7,10-16H,2-3,8-9H2,1H3. The average Bonchev–Trinajstić information content (AvgIpc) is 2.79. The van der Waals surface area contributed by atoms with Crippen molar-refractivity contribution in [2.24, 2.45) is 0 Å². The summed E-state index contributed by atoms with van der Waals surface area (Å²) >= 11 is 0. The first-order valence-electron chi connectivity index (χ1n) is 11.2. The quantitative estimate of drug-likeness (QED) is 0.194. The second-order valence-electron chi connectivity index (χ2n) is 8.18. The van der Waals surface area contributed by atoms with E-state index in [0.717, 1.165) is 30.5 Å². The number of halogens is 8. The molecule has 0 radical (unpaired) electrons. The maximum absolute atomic E-state index is 14.6. The van der Waals surface area contributed by atoms with Gasteiger partial charge in [0.1, 0.15) is 11.6 Å². The summed E-state index contributed by atoms with van der Waals surface area (Å²) in [5, 5.41) is 0. The molecule has 0 saturated carbocycles. The van der Waals surface area contributed by atoms with Gasteiger partial charge >= 0.3 is 12.3 Å². The number of rotatable bonds is 10. The van der Waals surface area contributed by atoms with Crippen LogP contribution in [-0.4, -0.2) is 6.18 Å². The molecule has 2 nitrogen and oxygen atoms in total. The first kappa shape index (κ1) is 28.0. The Labute approximate surface area is 208 Å². The number of hydrogen-bond donors (Lipinski definition) is 0. The first-order valence-corrected chi connectivity index (χ1v) is 11.2. The summed E-state index contributed by atoms with van der Waals surface area (Å²) in [5.41, 5.74) is 1.50. The van der Waals surface area contributed by atoms with E-state index in [1.807, 2.05) is 24.3 Å². The molecule has 0 fully saturated rings. The van der Waals surface area contributed by atoms with Gasteiger partial charge in [0.15, 0.2) is 17.4 Å². The van der Waals surface area contributed by atoms with Crippen molar-refractivity contribution in [2.45, 2.75) is 44.9 Å². The summed E-state index contributed by atoms with van der Waals surface area (Å²) in [6, 6.07) is 11.5. The third-order valence-electron chi connectivity index (χ3n) is 5.27. The van der Waals surface area contributed by atoms with Crippen LogP contribution in [0.5, 0.6) is 11.5 Å². The molecule has 198 valence electrons. The number of alkyl halides is 5. The third-order valence-corrected chi connectivity index (χ3v) is 5.27. The number of ether oxygens (including phenoxy) is 2. The molecule has 0 heterocycles. The van der Waals surface area contributed by atoms with Crippen LogP contribution >= 0.6 is 0 Å². The van der Waals surface area contributed by atoms with E-state index in [0.29, 0.717) is 18.4 Å². The SMILES string of the molecule is CCCc1ccc(CCc2ccc(C(F)(F)Oc3cc(F)c(OC=CC(F)(F)F)c(F)c3)c(F)c2)cc1. The highest BCUT2D eigenvalue weighted by Gasteiger charge is 2.38. The van der Waals surface area contributed by atoms with Crippen LogP contribution in [0.4, 0.5) is 35.1 Å². The Morgan fingerprint density at radius 3 is 1.78 bits per heavy atom. The second kappa shape index (κ2) is 11.7. The molecule has 0 aliphatic carbocycles. The fourth-order valence-electron chi connectivity index (χ4n) is 3.49. The van der Waals surface area contributed by atoms with Gasteiger partial charge in [0.2, 0.25) is 0 Å². The lowest BCUT2D eigenvalue weighted by molar-refractivity contribution is -0.187. The zero-order valence-corrected chi connectivity index (χ0v) is 19.5. The Hall–Kier alpha value is -3.56. The van der Waals surface area contributed by atoms with E-state index in [1.54, 1.807) is 0 Å². The van der Waals surface area contributed by atoms with Gasteiger partial charge in [-0.25, -0.2) is 13.2 Å². The molecule has 0 spiro atoms. The van der Waals surface area contributed by atoms with E-state index in [-0.39, 0.29) is 18.4 Å². The van der Waals surface area contributed by atoms with Gasteiger partial charge in [-0.1, -0.05) is 43.7 Å². The Morgan fingerprint density at radius 2 is 1.24 bits per heavy atom. The molecule has 0 saturated heterocycles. The minimum atomic E-state index is -4.79. The van der Waals surface area contributed by atoms with Crippen LogP contribution in [0.25, 0.3) is 0 Å². The van der Waals surface area contributed by atoms with Crippen LogP contribution in [0.15, 0.2) is 66.9 Å². The fraction of sp³-hybridized carbons (Fsp3) is 0.259. The predicted octanol–water partition coefficient (Wildman–Crippen LogP) is 8.42. The van der Waals surface area contributed by atoms with Crippen molar-refractivity contribution in [3.05, 3.63) is 107 Å². The van der Waals surface area contributed by atoms with Crippen molar-refractivity contribution in [3.63, 3.8) is 0 Å². The maximum atomic E-state index is 14.6. The van der Waals surface area contributed by atoms with Crippen molar-refractivity contribution in [3.8, 4) is 11.5 Å². The number of allylic oxidation sites excluding steroid dienone is 1. The highest BCUT2D eigenvalue weighted by atomic mass is 19.4. The van der Waals surface area contributed by atoms with Gasteiger partial charge in [-0.15, -0.1) is 0 Å². The topological polar surface area (TPSA) is 18.5 Å².